The van der Waals surface area contributed by atoms with Gasteiger partial charge in [0.1, 0.15) is 22.3 Å². The molecule has 10 aromatic rings. The van der Waals surface area contributed by atoms with E-state index in [0.717, 1.165) is 82.7 Å². The van der Waals surface area contributed by atoms with Crippen LogP contribution in [0.2, 0.25) is 0 Å². The second-order valence-electron chi connectivity index (χ2n) is 12.2. The van der Waals surface area contributed by atoms with E-state index < -0.39 is 0 Å². The van der Waals surface area contributed by atoms with Gasteiger partial charge in [0.2, 0.25) is 0 Å². The van der Waals surface area contributed by atoms with Gasteiger partial charge in [-0.05, 0) is 87.9 Å². The number of anilines is 3. The van der Waals surface area contributed by atoms with Crippen molar-refractivity contribution in [3.8, 4) is 11.1 Å². The quantitative estimate of drug-likeness (QED) is 0.201. The van der Waals surface area contributed by atoms with Crippen molar-refractivity contribution in [2.75, 3.05) is 4.90 Å². The predicted octanol–water partition coefficient (Wildman–Crippen LogP) is 12.9. The van der Waals surface area contributed by atoms with Crippen LogP contribution >= 0.6 is 0 Å². The van der Waals surface area contributed by atoms with E-state index >= 15 is 0 Å². The van der Waals surface area contributed by atoms with E-state index in [9.17, 15) is 0 Å². The Balaban J connectivity index is 1.19. The summed E-state index contributed by atoms with van der Waals surface area (Å²) in [7, 11) is 0. The summed E-state index contributed by atoms with van der Waals surface area (Å²) in [4.78, 5) is 2.33. The molecule has 0 aliphatic rings. The van der Waals surface area contributed by atoms with Crippen LogP contribution in [0.1, 0.15) is 0 Å². The van der Waals surface area contributed by atoms with Crippen LogP contribution in [0, 0.1) is 0 Å². The van der Waals surface area contributed by atoms with Crippen molar-refractivity contribution >= 4 is 82.5 Å². The highest BCUT2D eigenvalue weighted by atomic mass is 16.3. The van der Waals surface area contributed by atoms with Gasteiger partial charge in [-0.2, -0.15) is 0 Å². The topological polar surface area (TPSA) is 29.5 Å². The van der Waals surface area contributed by atoms with Gasteiger partial charge in [-0.1, -0.05) is 97.1 Å². The molecule has 0 saturated heterocycles. The molecular formula is C44H27NO2. The predicted molar refractivity (Wildman–Crippen MR) is 196 cm³/mol. The fourth-order valence-corrected chi connectivity index (χ4v) is 7.13. The molecule has 0 fully saturated rings. The van der Waals surface area contributed by atoms with Gasteiger partial charge >= 0.3 is 0 Å². The van der Waals surface area contributed by atoms with Gasteiger partial charge in [0.15, 0.2) is 0 Å². The summed E-state index contributed by atoms with van der Waals surface area (Å²) in [5.41, 5.74) is 9.11. The molecule has 0 radical (unpaired) electrons. The smallest absolute Gasteiger partial charge is 0.143 e. The van der Waals surface area contributed by atoms with Crippen molar-refractivity contribution in [1.82, 2.24) is 0 Å². The van der Waals surface area contributed by atoms with Crippen LogP contribution < -0.4 is 4.90 Å². The molecule has 0 amide bonds. The second-order valence-corrected chi connectivity index (χ2v) is 12.2. The average molecular weight is 602 g/mol. The molecular weight excluding hydrogens is 574 g/mol. The minimum Gasteiger partial charge on any atom is -0.456 e. The Morgan fingerprint density at radius 3 is 1.94 bits per heavy atom. The molecule has 8 aromatic carbocycles. The molecule has 47 heavy (non-hydrogen) atoms. The zero-order valence-electron chi connectivity index (χ0n) is 25.4. The number of fused-ring (bicyclic) bond motifs is 9. The van der Waals surface area contributed by atoms with Gasteiger partial charge < -0.3 is 13.7 Å². The lowest BCUT2D eigenvalue weighted by Crippen LogP contribution is -2.10. The molecule has 2 heterocycles. The maximum Gasteiger partial charge on any atom is 0.143 e. The summed E-state index contributed by atoms with van der Waals surface area (Å²) in [6, 6.07) is 58.0. The summed E-state index contributed by atoms with van der Waals surface area (Å²) in [5, 5.41) is 9.09. The van der Waals surface area contributed by atoms with Crippen molar-refractivity contribution in [3.63, 3.8) is 0 Å². The third-order valence-corrected chi connectivity index (χ3v) is 9.39. The largest absolute Gasteiger partial charge is 0.456 e. The third-order valence-electron chi connectivity index (χ3n) is 9.39. The third kappa shape index (κ3) is 4.14. The standard InChI is InChI=1S/C44H27NO2/c1-2-9-28(10-3-1)30-12-8-13-33(23-30)45(34-19-17-31-26-42-40(25-32(31)24-34)37-15-6-7-16-41(37)46-42)35-20-22-38-39-21-18-29-11-4-5-14-36(29)44(39)47-43(38)27-35/h1-27H. The summed E-state index contributed by atoms with van der Waals surface area (Å²) in [5.74, 6) is 0. The monoisotopic (exact) mass is 601 g/mol. The number of benzene rings is 8. The first-order chi connectivity index (χ1) is 23.3. The fourth-order valence-electron chi connectivity index (χ4n) is 7.13. The first-order valence-electron chi connectivity index (χ1n) is 15.9. The molecule has 0 spiro atoms. The van der Waals surface area contributed by atoms with Crippen LogP contribution in [0.15, 0.2) is 173 Å². The van der Waals surface area contributed by atoms with Gasteiger partial charge in [-0.25, -0.2) is 0 Å². The average Bonchev–Trinajstić information content (AvgIpc) is 3.69. The maximum absolute atomic E-state index is 6.63. The highest BCUT2D eigenvalue weighted by Gasteiger charge is 2.18. The highest BCUT2D eigenvalue weighted by molar-refractivity contribution is 6.15. The lowest BCUT2D eigenvalue weighted by Gasteiger charge is -2.26. The first kappa shape index (κ1) is 26.0. The zero-order valence-corrected chi connectivity index (χ0v) is 25.4. The molecule has 0 N–H and O–H groups in total. The second kappa shape index (κ2) is 10.1. The SMILES string of the molecule is c1ccc(-c2cccc(N(c3ccc4cc5oc6ccccc6c5cc4c3)c3ccc4c(c3)oc3c5ccccc5ccc43)c2)cc1. The molecule has 3 heteroatoms. The number of hydrogen-bond acceptors (Lipinski definition) is 3. The van der Waals surface area contributed by atoms with Crippen molar-refractivity contribution in [1.29, 1.82) is 0 Å². The summed E-state index contributed by atoms with van der Waals surface area (Å²) in [6.45, 7) is 0. The molecule has 10 rings (SSSR count). The number of rotatable bonds is 4. The Kier molecular flexibility index (Phi) is 5.57. The van der Waals surface area contributed by atoms with Gasteiger partial charge in [0.05, 0.1) is 0 Å². The van der Waals surface area contributed by atoms with Crippen molar-refractivity contribution in [3.05, 3.63) is 164 Å². The Morgan fingerprint density at radius 1 is 0.319 bits per heavy atom. The van der Waals surface area contributed by atoms with Crippen LogP contribution in [-0.4, -0.2) is 0 Å². The van der Waals surface area contributed by atoms with Crippen molar-refractivity contribution in [2.45, 2.75) is 0 Å². The summed E-state index contributed by atoms with van der Waals surface area (Å²) >= 11 is 0. The first-order valence-corrected chi connectivity index (χ1v) is 15.9. The molecule has 0 aliphatic heterocycles. The van der Waals surface area contributed by atoms with Crippen LogP contribution in [0.5, 0.6) is 0 Å². The van der Waals surface area contributed by atoms with E-state index in [4.69, 9.17) is 8.83 Å². The van der Waals surface area contributed by atoms with E-state index in [1.54, 1.807) is 0 Å². The lowest BCUT2D eigenvalue weighted by molar-refractivity contribution is 0.669. The molecule has 0 saturated carbocycles. The molecule has 3 nitrogen and oxygen atoms in total. The van der Waals surface area contributed by atoms with E-state index in [1.807, 2.05) is 12.1 Å². The molecule has 0 atom stereocenters. The van der Waals surface area contributed by atoms with Crippen molar-refractivity contribution in [2.24, 2.45) is 0 Å². The number of furan rings is 2. The van der Waals surface area contributed by atoms with Gasteiger partial charge in [-0.15, -0.1) is 0 Å². The van der Waals surface area contributed by atoms with Crippen molar-refractivity contribution < 1.29 is 8.83 Å². The van der Waals surface area contributed by atoms with E-state index in [-0.39, 0.29) is 0 Å². The van der Waals surface area contributed by atoms with E-state index in [0.29, 0.717) is 0 Å². The van der Waals surface area contributed by atoms with Crippen LogP contribution in [0.25, 0.3) is 76.5 Å². The highest BCUT2D eigenvalue weighted by Crippen LogP contribution is 2.42. The Labute approximate surface area is 270 Å². The summed E-state index contributed by atoms with van der Waals surface area (Å²) in [6.07, 6.45) is 0. The Hall–Kier alpha value is -6.32. The zero-order chi connectivity index (χ0) is 30.9. The Bertz CT molecular complexity index is 2790. The number of hydrogen-bond donors (Lipinski definition) is 0. The minimum absolute atomic E-state index is 0.866. The van der Waals surface area contributed by atoms with Gasteiger partial charge in [0, 0.05) is 50.1 Å². The molecule has 0 bridgehead atoms. The van der Waals surface area contributed by atoms with Gasteiger partial charge in [0.25, 0.3) is 0 Å². The maximum atomic E-state index is 6.63. The van der Waals surface area contributed by atoms with E-state index in [2.05, 4.69) is 157 Å². The Morgan fingerprint density at radius 2 is 1.00 bits per heavy atom. The van der Waals surface area contributed by atoms with Crippen LogP contribution in [0.3, 0.4) is 0 Å². The van der Waals surface area contributed by atoms with Crippen LogP contribution in [0.4, 0.5) is 17.1 Å². The minimum atomic E-state index is 0.866. The van der Waals surface area contributed by atoms with Gasteiger partial charge in [-0.3, -0.25) is 0 Å². The van der Waals surface area contributed by atoms with E-state index in [1.165, 1.54) is 10.9 Å². The molecule has 2 aromatic heterocycles. The molecule has 0 unspecified atom stereocenters. The van der Waals surface area contributed by atoms with Crippen LogP contribution in [-0.2, 0) is 0 Å². The normalized spacial score (nSPS) is 11.8. The summed E-state index contributed by atoms with van der Waals surface area (Å²) < 4.78 is 12.8. The number of nitrogens with zero attached hydrogens (tertiary/aromatic N) is 1. The molecule has 220 valence electrons. The molecule has 0 aliphatic carbocycles. The number of para-hydroxylation sites is 1. The lowest BCUT2D eigenvalue weighted by atomic mass is 10.0. The fraction of sp³-hybridized carbons (Fsp3) is 0.